The molecule has 1 N–H and O–H groups in total. The van der Waals surface area contributed by atoms with E-state index in [9.17, 15) is 0 Å². The lowest BCUT2D eigenvalue weighted by Gasteiger charge is -2.45. The topological polar surface area (TPSA) is 60.9 Å². The third-order valence-electron chi connectivity index (χ3n) is 5.19. The maximum absolute atomic E-state index is 3.97. The van der Waals surface area contributed by atoms with Crippen LogP contribution < -0.4 is 0 Å². The molecule has 0 aliphatic carbocycles. The summed E-state index contributed by atoms with van der Waals surface area (Å²) < 4.78 is 0. The van der Waals surface area contributed by atoms with Gasteiger partial charge in [0.15, 0.2) is 5.82 Å². The molecule has 0 saturated carbocycles. The van der Waals surface area contributed by atoms with E-state index in [1.807, 2.05) is 11.8 Å². The Bertz CT molecular complexity index is 423. The van der Waals surface area contributed by atoms with Gasteiger partial charge in [-0.05, 0) is 77.5 Å². The van der Waals surface area contributed by atoms with Gasteiger partial charge in [-0.2, -0.15) is 17.0 Å². The first kappa shape index (κ1) is 16.2. The van der Waals surface area contributed by atoms with E-state index in [1.54, 1.807) is 0 Å². The zero-order valence-corrected chi connectivity index (χ0v) is 14.4. The normalized spacial score (nSPS) is 23.1. The summed E-state index contributed by atoms with van der Waals surface area (Å²) in [5.74, 6) is 2.85. The van der Waals surface area contributed by atoms with Crippen LogP contribution in [-0.4, -0.2) is 74.4 Å². The van der Waals surface area contributed by atoms with Crippen molar-refractivity contribution < 1.29 is 0 Å². The largest absolute Gasteiger partial charge is 0.303 e. The second-order valence-corrected chi connectivity index (χ2v) is 7.87. The van der Waals surface area contributed by atoms with Gasteiger partial charge in [0.05, 0.1) is 5.75 Å². The first-order valence-corrected chi connectivity index (χ1v) is 9.69. The van der Waals surface area contributed by atoms with E-state index >= 15 is 0 Å². The van der Waals surface area contributed by atoms with Crippen LogP contribution in [0, 0.1) is 0 Å². The minimum atomic E-state index is 0.473. The molecule has 2 aliphatic rings. The molecule has 6 nitrogen and oxygen atoms in total. The number of nitrogens with zero attached hydrogens (tertiary/aromatic N) is 5. The maximum Gasteiger partial charge on any atom is 0.184 e. The number of H-pyrrole nitrogens is 1. The van der Waals surface area contributed by atoms with Crippen molar-refractivity contribution in [2.75, 3.05) is 38.5 Å². The highest BCUT2D eigenvalue weighted by atomic mass is 32.2. The van der Waals surface area contributed by atoms with Crippen LogP contribution in [0.5, 0.6) is 0 Å². The van der Waals surface area contributed by atoms with Crippen molar-refractivity contribution in [2.24, 2.45) is 0 Å². The van der Waals surface area contributed by atoms with Gasteiger partial charge in [0.25, 0.3) is 0 Å². The van der Waals surface area contributed by atoms with E-state index < -0.39 is 0 Å². The number of tetrazole rings is 1. The van der Waals surface area contributed by atoms with Crippen molar-refractivity contribution in [2.45, 2.75) is 50.3 Å². The van der Waals surface area contributed by atoms with Gasteiger partial charge in [0.1, 0.15) is 0 Å². The molecule has 124 valence electrons. The highest BCUT2D eigenvalue weighted by Gasteiger charge is 2.36. The number of rotatable bonds is 7. The fourth-order valence-electron chi connectivity index (χ4n) is 3.63. The average molecular weight is 324 g/mol. The fourth-order valence-corrected chi connectivity index (χ4v) is 4.41. The second kappa shape index (κ2) is 7.75. The number of aromatic nitrogens is 4. The predicted octanol–water partition coefficient (Wildman–Crippen LogP) is 1.77. The van der Waals surface area contributed by atoms with Crippen molar-refractivity contribution in [3.8, 4) is 0 Å². The summed E-state index contributed by atoms with van der Waals surface area (Å²) in [6.45, 7) is 8.89. The molecule has 0 aromatic carbocycles. The van der Waals surface area contributed by atoms with Crippen molar-refractivity contribution in [3.63, 3.8) is 0 Å². The highest BCUT2D eigenvalue weighted by molar-refractivity contribution is 7.98. The fraction of sp³-hybridized carbons (Fsp3) is 0.933. The molecular formula is C15H28N6S. The molecule has 22 heavy (non-hydrogen) atoms. The third kappa shape index (κ3) is 4.20. The Labute approximate surface area is 137 Å². The van der Waals surface area contributed by atoms with Crippen LogP contribution in [0.4, 0.5) is 0 Å². The first-order chi connectivity index (χ1) is 10.8. The number of aromatic amines is 1. The molecule has 1 aromatic heterocycles. The zero-order valence-electron chi connectivity index (χ0n) is 13.6. The van der Waals surface area contributed by atoms with Crippen LogP contribution in [0.15, 0.2) is 0 Å². The molecule has 0 spiro atoms. The van der Waals surface area contributed by atoms with Crippen molar-refractivity contribution in [1.29, 1.82) is 0 Å². The van der Waals surface area contributed by atoms with Crippen molar-refractivity contribution >= 4 is 11.8 Å². The van der Waals surface area contributed by atoms with Gasteiger partial charge in [-0.25, -0.2) is 0 Å². The van der Waals surface area contributed by atoms with Crippen LogP contribution in [0.1, 0.15) is 44.9 Å². The number of piperidine rings is 1. The summed E-state index contributed by atoms with van der Waals surface area (Å²) in [4.78, 5) is 5.39. The Morgan fingerprint density at radius 3 is 2.64 bits per heavy atom. The van der Waals surface area contributed by atoms with Gasteiger partial charge >= 0.3 is 0 Å². The van der Waals surface area contributed by atoms with Gasteiger partial charge in [-0.1, -0.05) is 5.21 Å². The predicted molar refractivity (Wildman–Crippen MR) is 89.8 cm³/mol. The van der Waals surface area contributed by atoms with Crippen LogP contribution in [0.3, 0.4) is 0 Å². The Morgan fingerprint density at radius 1 is 1.18 bits per heavy atom. The molecule has 0 bridgehead atoms. The van der Waals surface area contributed by atoms with Crippen LogP contribution in [0.2, 0.25) is 0 Å². The lowest BCUT2D eigenvalue weighted by molar-refractivity contribution is 0.0517. The lowest BCUT2D eigenvalue weighted by atomic mass is 9.88. The summed E-state index contributed by atoms with van der Waals surface area (Å²) in [5, 5.41) is 14.0. The average Bonchev–Trinajstić information content (AvgIpc) is 3.22. The monoisotopic (exact) mass is 324 g/mol. The third-order valence-corrected chi connectivity index (χ3v) is 6.23. The molecule has 0 unspecified atom stereocenters. The Morgan fingerprint density at radius 2 is 1.95 bits per heavy atom. The molecule has 0 amide bonds. The van der Waals surface area contributed by atoms with E-state index in [1.165, 1.54) is 70.6 Å². The van der Waals surface area contributed by atoms with E-state index in [-0.39, 0.29) is 0 Å². The number of likely N-dealkylation sites (tertiary alicyclic amines) is 2. The molecule has 0 radical (unpaired) electrons. The Kier molecular flexibility index (Phi) is 5.71. The van der Waals surface area contributed by atoms with Crippen LogP contribution in [-0.2, 0) is 5.75 Å². The van der Waals surface area contributed by atoms with Crippen LogP contribution >= 0.6 is 11.8 Å². The summed E-state index contributed by atoms with van der Waals surface area (Å²) >= 11 is 1.90. The molecule has 0 atom stereocenters. The first-order valence-electron chi connectivity index (χ1n) is 8.54. The molecule has 2 aliphatic heterocycles. The van der Waals surface area contributed by atoms with E-state index in [0.717, 1.165) is 11.6 Å². The van der Waals surface area contributed by atoms with Crippen molar-refractivity contribution in [1.82, 2.24) is 30.4 Å². The minimum Gasteiger partial charge on any atom is -0.303 e. The highest BCUT2D eigenvalue weighted by Crippen LogP contribution is 2.31. The van der Waals surface area contributed by atoms with Crippen LogP contribution in [0.25, 0.3) is 0 Å². The van der Waals surface area contributed by atoms with Gasteiger partial charge < -0.3 is 4.90 Å². The summed E-state index contributed by atoms with van der Waals surface area (Å²) in [5.41, 5.74) is 0.473. The minimum absolute atomic E-state index is 0.473. The molecule has 2 fully saturated rings. The maximum atomic E-state index is 3.97. The molecule has 7 heteroatoms. The van der Waals surface area contributed by atoms with E-state index in [0.29, 0.717) is 5.54 Å². The molecule has 3 heterocycles. The van der Waals surface area contributed by atoms with Gasteiger partial charge in [0, 0.05) is 5.54 Å². The number of nitrogens with one attached hydrogen (secondary N) is 1. The standard InChI is InChI=1S/C15H28N6S/c1-15(21-8-2-3-9-21)5-10-20(11-6-15)7-4-12-22-13-14-16-18-19-17-14/h2-13H2,1H3,(H,16,17,18,19). The van der Waals surface area contributed by atoms with E-state index in [2.05, 4.69) is 37.3 Å². The Balaban J connectivity index is 1.29. The molecule has 3 rings (SSSR count). The summed E-state index contributed by atoms with van der Waals surface area (Å²) in [6, 6.07) is 0. The summed E-state index contributed by atoms with van der Waals surface area (Å²) in [7, 11) is 0. The smallest absolute Gasteiger partial charge is 0.184 e. The van der Waals surface area contributed by atoms with Crippen molar-refractivity contribution in [3.05, 3.63) is 5.82 Å². The van der Waals surface area contributed by atoms with Gasteiger partial charge in [-0.15, -0.1) is 10.2 Å². The number of thioether (sulfide) groups is 1. The van der Waals surface area contributed by atoms with E-state index in [4.69, 9.17) is 0 Å². The quantitative estimate of drug-likeness (QED) is 0.772. The molecule has 2 saturated heterocycles. The molecule has 1 aromatic rings. The van der Waals surface area contributed by atoms with Gasteiger partial charge in [-0.3, -0.25) is 4.90 Å². The number of hydrogen-bond donors (Lipinski definition) is 1. The zero-order chi connectivity index (χ0) is 15.3. The SMILES string of the molecule is CC1(N2CCCC2)CCN(CCCSCc2nn[nH]n2)CC1. The summed E-state index contributed by atoms with van der Waals surface area (Å²) in [6.07, 6.45) is 6.72. The number of hydrogen-bond acceptors (Lipinski definition) is 6. The lowest BCUT2D eigenvalue weighted by Crippen LogP contribution is -2.52. The van der Waals surface area contributed by atoms with Gasteiger partial charge in [0.2, 0.25) is 0 Å². The Hall–Kier alpha value is -0.660. The second-order valence-electron chi connectivity index (χ2n) is 6.77. The molecular weight excluding hydrogens is 296 g/mol.